The molecule has 0 aromatic heterocycles. The fourth-order valence-corrected chi connectivity index (χ4v) is 1.94. The quantitative estimate of drug-likeness (QED) is 0.847. The van der Waals surface area contributed by atoms with Gasteiger partial charge < -0.3 is 5.11 Å². The van der Waals surface area contributed by atoms with Crippen LogP contribution in [0.2, 0.25) is 0 Å². The van der Waals surface area contributed by atoms with Gasteiger partial charge in [0.05, 0.1) is 5.92 Å². The van der Waals surface area contributed by atoms with E-state index in [4.69, 9.17) is 5.11 Å². The summed E-state index contributed by atoms with van der Waals surface area (Å²) in [6, 6.07) is 6.43. The predicted molar refractivity (Wildman–Crippen MR) is 68.9 cm³/mol. The van der Waals surface area contributed by atoms with Crippen LogP contribution in [0.4, 0.5) is 4.39 Å². The van der Waals surface area contributed by atoms with E-state index in [1.165, 1.54) is 12.1 Å². The maximum absolute atomic E-state index is 12.9. The lowest BCUT2D eigenvalue weighted by Gasteiger charge is -2.29. The van der Waals surface area contributed by atoms with E-state index in [-0.39, 0.29) is 11.9 Å². The molecule has 0 bridgehead atoms. The average molecular weight is 253 g/mol. The van der Waals surface area contributed by atoms with E-state index in [0.717, 1.165) is 12.1 Å². The van der Waals surface area contributed by atoms with Gasteiger partial charge in [-0.15, -0.1) is 0 Å². The van der Waals surface area contributed by atoms with Crippen LogP contribution in [0.1, 0.15) is 32.4 Å². The molecule has 0 aliphatic rings. The van der Waals surface area contributed by atoms with Gasteiger partial charge in [0.2, 0.25) is 0 Å². The number of carbonyl (C=O) groups is 1. The van der Waals surface area contributed by atoms with Gasteiger partial charge in [0.25, 0.3) is 0 Å². The summed E-state index contributed by atoms with van der Waals surface area (Å²) in [6.07, 6.45) is 0. The fraction of sp³-hybridized carbons (Fsp3) is 0.500. The molecule has 3 nitrogen and oxygen atoms in total. The Balaban J connectivity index is 2.75. The fourth-order valence-electron chi connectivity index (χ4n) is 1.94. The lowest BCUT2D eigenvalue weighted by molar-refractivity contribution is -0.141. The summed E-state index contributed by atoms with van der Waals surface area (Å²) < 4.78 is 12.9. The second kappa shape index (κ2) is 6.50. The molecule has 100 valence electrons. The largest absolute Gasteiger partial charge is 0.481 e. The zero-order valence-corrected chi connectivity index (χ0v) is 11.1. The zero-order valence-electron chi connectivity index (χ0n) is 11.1. The number of hydrogen-bond acceptors (Lipinski definition) is 2. The lowest BCUT2D eigenvalue weighted by Crippen LogP contribution is -2.33. The highest BCUT2D eigenvalue weighted by molar-refractivity contribution is 5.69. The summed E-state index contributed by atoms with van der Waals surface area (Å²) in [5, 5.41) is 8.94. The van der Waals surface area contributed by atoms with Crippen molar-refractivity contribution in [2.45, 2.75) is 26.8 Å². The summed E-state index contributed by atoms with van der Waals surface area (Å²) in [7, 11) is 0. The van der Waals surface area contributed by atoms with E-state index in [0.29, 0.717) is 6.54 Å². The third-order valence-corrected chi connectivity index (χ3v) is 3.24. The molecule has 0 saturated heterocycles. The van der Waals surface area contributed by atoms with Crippen molar-refractivity contribution in [1.29, 1.82) is 0 Å². The Morgan fingerprint density at radius 3 is 2.33 bits per heavy atom. The van der Waals surface area contributed by atoms with Gasteiger partial charge in [0, 0.05) is 12.6 Å². The normalized spacial score (nSPS) is 14.5. The minimum atomic E-state index is -0.792. The number of benzene rings is 1. The minimum absolute atomic E-state index is 0.0809. The van der Waals surface area contributed by atoms with E-state index in [2.05, 4.69) is 4.90 Å². The first-order valence-corrected chi connectivity index (χ1v) is 6.18. The second-order valence-electron chi connectivity index (χ2n) is 4.55. The SMILES string of the molecule is CCN(CC(C)C(=O)O)C(C)c1ccc(F)cc1. The lowest BCUT2D eigenvalue weighted by atomic mass is 10.0. The summed E-state index contributed by atoms with van der Waals surface area (Å²) in [4.78, 5) is 13.0. The molecule has 1 aromatic carbocycles. The van der Waals surface area contributed by atoms with E-state index in [1.54, 1.807) is 19.1 Å². The number of aliphatic carboxylic acids is 1. The monoisotopic (exact) mass is 253 g/mol. The van der Waals surface area contributed by atoms with Crippen molar-refractivity contribution in [3.05, 3.63) is 35.6 Å². The van der Waals surface area contributed by atoms with Crippen molar-refractivity contribution >= 4 is 5.97 Å². The van der Waals surface area contributed by atoms with Crippen molar-refractivity contribution in [2.24, 2.45) is 5.92 Å². The molecular weight excluding hydrogens is 233 g/mol. The summed E-state index contributed by atoms with van der Waals surface area (Å²) in [6.45, 7) is 6.95. The third kappa shape index (κ3) is 3.81. The molecule has 0 aliphatic carbocycles. The maximum atomic E-state index is 12.9. The molecule has 1 aromatic rings. The Bertz CT molecular complexity index is 391. The van der Waals surface area contributed by atoms with Gasteiger partial charge in [-0.2, -0.15) is 0 Å². The molecule has 0 radical (unpaired) electrons. The Morgan fingerprint density at radius 2 is 1.89 bits per heavy atom. The van der Waals surface area contributed by atoms with Crippen LogP contribution in [0.15, 0.2) is 24.3 Å². The van der Waals surface area contributed by atoms with E-state index < -0.39 is 11.9 Å². The van der Waals surface area contributed by atoms with Crippen LogP contribution >= 0.6 is 0 Å². The number of rotatable bonds is 6. The van der Waals surface area contributed by atoms with Crippen LogP contribution in [0.5, 0.6) is 0 Å². The van der Waals surface area contributed by atoms with E-state index >= 15 is 0 Å². The van der Waals surface area contributed by atoms with Crippen molar-refractivity contribution < 1.29 is 14.3 Å². The Labute approximate surface area is 107 Å². The number of carboxylic acids is 1. The van der Waals surface area contributed by atoms with Gasteiger partial charge >= 0.3 is 5.97 Å². The van der Waals surface area contributed by atoms with Crippen molar-refractivity contribution in [2.75, 3.05) is 13.1 Å². The van der Waals surface area contributed by atoms with Crippen LogP contribution in [0.25, 0.3) is 0 Å². The van der Waals surface area contributed by atoms with Crippen LogP contribution in [0.3, 0.4) is 0 Å². The van der Waals surface area contributed by atoms with Crippen molar-refractivity contribution in [3.63, 3.8) is 0 Å². The maximum Gasteiger partial charge on any atom is 0.307 e. The average Bonchev–Trinajstić information content (AvgIpc) is 2.35. The van der Waals surface area contributed by atoms with Gasteiger partial charge in [-0.05, 0) is 31.2 Å². The topological polar surface area (TPSA) is 40.5 Å². The Kier molecular flexibility index (Phi) is 5.28. The summed E-state index contributed by atoms with van der Waals surface area (Å²) in [5.41, 5.74) is 0.996. The molecule has 0 fully saturated rings. The molecule has 2 atom stereocenters. The predicted octanol–water partition coefficient (Wildman–Crippen LogP) is 2.93. The Morgan fingerprint density at radius 1 is 1.33 bits per heavy atom. The van der Waals surface area contributed by atoms with Gasteiger partial charge in [-0.25, -0.2) is 4.39 Å². The molecule has 2 unspecified atom stereocenters. The van der Waals surface area contributed by atoms with Crippen molar-refractivity contribution in [3.8, 4) is 0 Å². The molecule has 0 amide bonds. The molecule has 0 saturated carbocycles. The summed E-state index contributed by atoms with van der Waals surface area (Å²) in [5.74, 6) is -1.46. The number of hydrogen-bond donors (Lipinski definition) is 1. The number of carboxylic acid groups (broad SMARTS) is 1. The van der Waals surface area contributed by atoms with Crippen LogP contribution < -0.4 is 0 Å². The first kappa shape index (κ1) is 14.6. The third-order valence-electron chi connectivity index (χ3n) is 3.24. The standard InChI is InChI=1S/C14H20FNO2/c1-4-16(9-10(2)14(17)18)11(3)12-5-7-13(15)8-6-12/h5-8,10-11H,4,9H2,1-3H3,(H,17,18). The molecule has 0 spiro atoms. The van der Waals surface area contributed by atoms with Gasteiger partial charge in [-0.3, -0.25) is 9.69 Å². The Hall–Kier alpha value is -1.42. The first-order chi connectivity index (χ1) is 8.45. The van der Waals surface area contributed by atoms with Crippen LogP contribution in [0, 0.1) is 11.7 Å². The molecule has 0 heterocycles. The molecule has 1 N–H and O–H groups in total. The highest BCUT2D eigenvalue weighted by Crippen LogP contribution is 2.21. The highest BCUT2D eigenvalue weighted by atomic mass is 19.1. The van der Waals surface area contributed by atoms with Crippen LogP contribution in [-0.4, -0.2) is 29.1 Å². The minimum Gasteiger partial charge on any atom is -0.481 e. The van der Waals surface area contributed by atoms with Crippen molar-refractivity contribution in [1.82, 2.24) is 4.90 Å². The highest BCUT2D eigenvalue weighted by Gasteiger charge is 2.20. The van der Waals surface area contributed by atoms with Crippen LogP contribution in [-0.2, 0) is 4.79 Å². The van der Waals surface area contributed by atoms with E-state index in [1.807, 2.05) is 13.8 Å². The number of nitrogens with zero attached hydrogens (tertiary/aromatic N) is 1. The second-order valence-corrected chi connectivity index (χ2v) is 4.55. The first-order valence-electron chi connectivity index (χ1n) is 6.18. The zero-order chi connectivity index (χ0) is 13.7. The van der Waals surface area contributed by atoms with Gasteiger partial charge in [-0.1, -0.05) is 26.0 Å². The molecule has 4 heteroatoms. The summed E-state index contributed by atoms with van der Waals surface area (Å²) >= 11 is 0. The molecule has 18 heavy (non-hydrogen) atoms. The molecular formula is C14H20FNO2. The number of halogens is 1. The van der Waals surface area contributed by atoms with Gasteiger partial charge in [0.15, 0.2) is 0 Å². The molecule has 1 rings (SSSR count). The smallest absolute Gasteiger partial charge is 0.307 e. The van der Waals surface area contributed by atoms with E-state index in [9.17, 15) is 9.18 Å². The van der Waals surface area contributed by atoms with Gasteiger partial charge in [0.1, 0.15) is 5.82 Å². The molecule has 0 aliphatic heterocycles.